The number of nitrogens with one attached hydrogen (secondary N) is 3. The van der Waals surface area contributed by atoms with Gasteiger partial charge in [-0.25, -0.2) is 4.98 Å². The number of nitrogens with zero attached hydrogens (tertiary/aromatic N) is 1. The first-order chi connectivity index (χ1) is 15.5. The van der Waals surface area contributed by atoms with Crippen molar-refractivity contribution in [2.45, 2.75) is 0 Å². The summed E-state index contributed by atoms with van der Waals surface area (Å²) in [5.74, 6) is 0.858. The van der Waals surface area contributed by atoms with Crippen LogP contribution in [-0.2, 0) is 4.79 Å². The molecule has 3 N–H and O–H groups in total. The van der Waals surface area contributed by atoms with E-state index in [9.17, 15) is 9.59 Å². The lowest BCUT2D eigenvalue weighted by Crippen LogP contribution is -2.32. The minimum absolute atomic E-state index is 0.223. The average molecular weight is 436 g/mol. The lowest BCUT2D eigenvalue weighted by atomic mass is 10.1. The largest absolute Gasteiger partial charge is 0.493 e. The molecule has 0 aliphatic carbocycles. The van der Waals surface area contributed by atoms with Gasteiger partial charge in [0.1, 0.15) is 5.82 Å². The predicted octanol–water partition coefficient (Wildman–Crippen LogP) is 3.22. The second-order valence-electron chi connectivity index (χ2n) is 6.57. The number of pyridine rings is 1. The first-order valence-electron chi connectivity index (χ1n) is 9.70. The smallest absolute Gasteiger partial charge is 0.251 e. The molecule has 32 heavy (non-hydrogen) atoms. The number of hydrogen-bond donors (Lipinski definition) is 3. The Morgan fingerprint density at radius 3 is 2.12 bits per heavy atom. The molecule has 3 rings (SSSR count). The van der Waals surface area contributed by atoms with Crippen molar-refractivity contribution in [1.82, 2.24) is 10.3 Å². The van der Waals surface area contributed by atoms with Crippen LogP contribution in [0.5, 0.6) is 17.2 Å². The first kappa shape index (κ1) is 22.4. The van der Waals surface area contributed by atoms with Gasteiger partial charge < -0.3 is 30.2 Å². The van der Waals surface area contributed by atoms with E-state index in [0.29, 0.717) is 28.8 Å². The highest BCUT2D eigenvalue weighted by Gasteiger charge is 2.17. The average Bonchev–Trinajstić information content (AvgIpc) is 2.83. The molecule has 166 valence electrons. The van der Waals surface area contributed by atoms with E-state index in [1.165, 1.54) is 39.7 Å². The van der Waals surface area contributed by atoms with Gasteiger partial charge in [0, 0.05) is 11.3 Å². The minimum Gasteiger partial charge on any atom is -0.493 e. The lowest BCUT2D eigenvalue weighted by Gasteiger charge is -2.14. The highest BCUT2D eigenvalue weighted by molar-refractivity contribution is 6.00. The van der Waals surface area contributed by atoms with Crippen molar-refractivity contribution in [2.75, 3.05) is 38.5 Å². The Balaban J connectivity index is 1.56. The minimum atomic E-state index is -0.458. The monoisotopic (exact) mass is 436 g/mol. The van der Waals surface area contributed by atoms with E-state index >= 15 is 0 Å². The fourth-order valence-electron chi connectivity index (χ4n) is 2.89. The van der Waals surface area contributed by atoms with E-state index in [-0.39, 0.29) is 12.1 Å². The van der Waals surface area contributed by atoms with Gasteiger partial charge >= 0.3 is 0 Å². The molecule has 0 bridgehead atoms. The molecule has 0 aliphatic rings. The van der Waals surface area contributed by atoms with Gasteiger partial charge in [0.15, 0.2) is 11.5 Å². The number of ether oxygens (including phenoxy) is 3. The Kier molecular flexibility index (Phi) is 7.47. The second kappa shape index (κ2) is 10.7. The van der Waals surface area contributed by atoms with Gasteiger partial charge in [0.05, 0.1) is 39.8 Å². The van der Waals surface area contributed by atoms with Crippen LogP contribution in [0.4, 0.5) is 17.2 Å². The van der Waals surface area contributed by atoms with Gasteiger partial charge in [-0.2, -0.15) is 0 Å². The summed E-state index contributed by atoms with van der Waals surface area (Å²) in [5.41, 5.74) is 1.69. The summed E-state index contributed by atoms with van der Waals surface area (Å²) < 4.78 is 15.7. The van der Waals surface area contributed by atoms with Crippen LogP contribution in [0.3, 0.4) is 0 Å². The highest BCUT2D eigenvalue weighted by Crippen LogP contribution is 2.38. The molecule has 0 aliphatic heterocycles. The number of benzene rings is 2. The van der Waals surface area contributed by atoms with Crippen molar-refractivity contribution >= 4 is 29.0 Å². The van der Waals surface area contributed by atoms with Crippen LogP contribution in [0.25, 0.3) is 0 Å². The van der Waals surface area contributed by atoms with E-state index in [1.807, 2.05) is 30.3 Å². The van der Waals surface area contributed by atoms with Crippen molar-refractivity contribution in [2.24, 2.45) is 0 Å². The number of carbonyl (C=O) groups excluding carboxylic acids is 2. The quantitative estimate of drug-likeness (QED) is 0.472. The maximum atomic E-state index is 12.5. The van der Waals surface area contributed by atoms with Crippen molar-refractivity contribution < 1.29 is 23.8 Å². The number of hydrogen-bond acceptors (Lipinski definition) is 7. The topological polar surface area (TPSA) is 111 Å². The Morgan fingerprint density at radius 2 is 1.56 bits per heavy atom. The van der Waals surface area contributed by atoms with Crippen LogP contribution in [0, 0.1) is 0 Å². The Bertz CT molecular complexity index is 1050. The number of anilines is 3. The van der Waals surface area contributed by atoms with E-state index in [1.54, 1.807) is 12.1 Å². The molecular weight excluding hydrogens is 412 g/mol. The summed E-state index contributed by atoms with van der Waals surface area (Å²) >= 11 is 0. The van der Waals surface area contributed by atoms with Gasteiger partial charge in [-0.3, -0.25) is 9.59 Å². The zero-order chi connectivity index (χ0) is 22.9. The van der Waals surface area contributed by atoms with Crippen LogP contribution >= 0.6 is 0 Å². The number of methoxy groups -OCH3 is 3. The maximum Gasteiger partial charge on any atom is 0.251 e. The van der Waals surface area contributed by atoms with E-state index < -0.39 is 11.8 Å². The van der Waals surface area contributed by atoms with Gasteiger partial charge in [-0.05, 0) is 36.4 Å². The van der Waals surface area contributed by atoms with Crippen molar-refractivity contribution in [3.05, 3.63) is 66.4 Å². The molecule has 2 aromatic carbocycles. The molecule has 0 fully saturated rings. The number of rotatable bonds is 9. The molecule has 9 heteroatoms. The van der Waals surface area contributed by atoms with Gasteiger partial charge in [0.2, 0.25) is 11.7 Å². The number of para-hydroxylation sites is 1. The normalized spacial score (nSPS) is 10.1. The first-order valence-corrected chi connectivity index (χ1v) is 9.70. The van der Waals surface area contributed by atoms with E-state index in [0.717, 1.165) is 5.69 Å². The van der Waals surface area contributed by atoms with Crippen LogP contribution in [0.1, 0.15) is 10.4 Å². The standard InChI is InChI=1S/C23H24N4O5/c1-30-18-11-15(12-19(31-2)22(18)32-3)23(29)25-14-21(28)27-17-9-10-20(24-13-17)26-16-7-5-4-6-8-16/h4-13H,14H2,1-3H3,(H,24,26)(H,25,29)(H,27,28). The Hall–Kier alpha value is -4.27. The summed E-state index contributed by atoms with van der Waals surface area (Å²) in [6.07, 6.45) is 1.53. The van der Waals surface area contributed by atoms with Gasteiger partial charge in [0.25, 0.3) is 5.91 Å². The number of aromatic nitrogens is 1. The third-order valence-corrected chi connectivity index (χ3v) is 4.43. The Morgan fingerprint density at radius 1 is 0.875 bits per heavy atom. The summed E-state index contributed by atoms with van der Waals surface area (Å²) in [4.78, 5) is 29.0. The molecule has 0 spiro atoms. The number of amides is 2. The van der Waals surface area contributed by atoms with Gasteiger partial charge in [-0.15, -0.1) is 0 Å². The zero-order valence-corrected chi connectivity index (χ0v) is 18.0. The summed E-state index contributed by atoms with van der Waals surface area (Å²) in [5, 5.41) is 8.42. The van der Waals surface area contributed by atoms with Gasteiger partial charge in [-0.1, -0.05) is 18.2 Å². The molecule has 1 heterocycles. The lowest BCUT2D eigenvalue weighted by molar-refractivity contribution is -0.115. The summed E-state index contributed by atoms with van der Waals surface area (Å²) in [6, 6.07) is 16.1. The van der Waals surface area contributed by atoms with Crippen molar-refractivity contribution in [3.63, 3.8) is 0 Å². The third kappa shape index (κ3) is 5.66. The highest BCUT2D eigenvalue weighted by atomic mass is 16.5. The molecule has 0 saturated heterocycles. The molecule has 2 amide bonds. The Labute approximate surface area is 185 Å². The number of carbonyl (C=O) groups is 2. The third-order valence-electron chi connectivity index (χ3n) is 4.43. The van der Waals surface area contributed by atoms with Crippen molar-refractivity contribution in [1.29, 1.82) is 0 Å². The summed E-state index contributed by atoms with van der Waals surface area (Å²) in [7, 11) is 4.39. The van der Waals surface area contributed by atoms with E-state index in [2.05, 4.69) is 20.9 Å². The molecule has 9 nitrogen and oxygen atoms in total. The van der Waals surface area contributed by atoms with E-state index in [4.69, 9.17) is 14.2 Å². The molecule has 0 unspecified atom stereocenters. The molecule has 1 aromatic heterocycles. The fraction of sp³-hybridized carbons (Fsp3) is 0.174. The van der Waals surface area contributed by atoms with Crippen molar-refractivity contribution in [3.8, 4) is 17.2 Å². The molecular formula is C23H24N4O5. The predicted molar refractivity (Wildman–Crippen MR) is 121 cm³/mol. The van der Waals surface area contributed by atoms with Crippen LogP contribution in [0.2, 0.25) is 0 Å². The fourth-order valence-corrected chi connectivity index (χ4v) is 2.89. The molecule has 3 aromatic rings. The summed E-state index contributed by atoms with van der Waals surface area (Å²) in [6.45, 7) is -0.223. The zero-order valence-electron chi connectivity index (χ0n) is 18.0. The van der Waals surface area contributed by atoms with Crippen LogP contribution in [-0.4, -0.2) is 44.7 Å². The molecule has 0 atom stereocenters. The SMILES string of the molecule is COc1cc(C(=O)NCC(=O)Nc2ccc(Nc3ccccc3)nc2)cc(OC)c1OC. The second-order valence-corrected chi connectivity index (χ2v) is 6.57. The molecule has 0 radical (unpaired) electrons. The van der Waals surface area contributed by atoms with Crippen LogP contribution in [0.15, 0.2) is 60.8 Å². The maximum absolute atomic E-state index is 12.5. The molecule has 0 saturated carbocycles. The van der Waals surface area contributed by atoms with Crippen LogP contribution < -0.4 is 30.2 Å².